The van der Waals surface area contributed by atoms with Crippen LogP contribution < -0.4 is 15.8 Å². The smallest absolute Gasteiger partial charge is 0.344 e. The minimum Gasteiger partial charge on any atom is -0.482 e. The highest BCUT2D eigenvalue weighted by Crippen LogP contribution is 2.21. The number of hydrogen-bond acceptors (Lipinski definition) is 5. The predicted molar refractivity (Wildman–Crippen MR) is 101 cm³/mol. The third-order valence-corrected chi connectivity index (χ3v) is 3.83. The van der Waals surface area contributed by atoms with Crippen LogP contribution >= 0.6 is 11.6 Å². The number of primary amides is 1. The second-order valence-electron chi connectivity index (χ2n) is 5.76. The number of benzene rings is 2. The molecular formula is C19H19ClN2O5. The lowest BCUT2D eigenvalue weighted by molar-refractivity contribution is -0.155. The van der Waals surface area contributed by atoms with E-state index in [4.69, 9.17) is 26.8 Å². The van der Waals surface area contributed by atoms with E-state index in [0.717, 1.165) is 5.56 Å². The topological polar surface area (TPSA) is 108 Å². The summed E-state index contributed by atoms with van der Waals surface area (Å²) in [5.41, 5.74) is 6.70. The molecule has 0 saturated heterocycles. The molecule has 1 atom stereocenters. The molecule has 2 rings (SSSR count). The average molecular weight is 391 g/mol. The Hall–Kier alpha value is -3.06. The van der Waals surface area contributed by atoms with Crippen LogP contribution in [0, 0.1) is 6.92 Å². The molecule has 3 N–H and O–H groups in total. The second-order valence-corrected chi connectivity index (χ2v) is 6.20. The molecule has 0 unspecified atom stereocenters. The highest BCUT2D eigenvalue weighted by molar-refractivity contribution is 6.30. The van der Waals surface area contributed by atoms with Crippen LogP contribution in [0.3, 0.4) is 0 Å². The molecule has 7 nitrogen and oxygen atoms in total. The fraction of sp³-hybridized carbons (Fsp3) is 0.211. The van der Waals surface area contributed by atoms with Crippen molar-refractivity contribution in [2.75, 3.05) is 11.9 Å². The summed E-state index contributed by atoms with van der Waals surface area (Å²) in [6, 6.07) is 11.0. The molecule has 142 valence electrons. The van der Waals surface area contributed by atoms with E-state index in [1.807, 2.05) is 0 Å². The normalized spacial score (nSPS) is 11.4. The molecule has 0 aromatic heterocycles. The number of ether oxygens (including phenoxy) is 2. The number of nitrogens with two attached hydrogens (primary N) is 1. The van der Waals surface area contributed by atoms with Crippen LogP contribution in [0.25, 0.3) is 0 Å². The van der Waals surface area contributed by atoms with E-state index in [-0.39, 0.29) is 6.61 Å². The van der Waals surface area contributed by atoms with Gasteiger partial charge in [0, 0.05) is 16.3 Å². The molecule has 0 aliphatic carbocycles. The Morgan fingerprint density at radius 3 is 2.41 bits per heavy atom. The van der Waals surface area contributed by atoms with Gasteiger partial charge in [0.2, 0.25) is 5.91 Å². The lowest BCUT2D eigenvalue weighted by Gasteiger charge is -2.14. The van der Waals surface area contributed by atoms with E-state index in [0.29, 0.717) is 22.0 Å². The third kappa shape index (κ3) is 6.00. The van der Waals surface area contributed by atoms with Crippen molar-refractivity contribution in [2.45, 2.75) is 20.0 Å². The molecule has 0 radical (unpaired) electrons. The number of nitrogens with one attached hydrogen (secondary N) is 1. The SMILES string of the molecule is Cc1cc(Cl)ccc1OCC(=O)O[C@H](C)C(=O)Nc1ccc(C(N)=O)cc1. The Morgan fingerprint density at radius 1 is 1.15 bits per heavy atom. The molecule has 0 spiro atoms. The van der Waals surface area contributed by atoms with E-state index in [1.165, 1.54) is 31.2 Å². The van der Waals surface area contributed by atoms with Gasteiger partial charge in [0.15, 0.2) is 12.7 Å². The Kier molecular flexibility index (Phi) is 6.79. The summed E-state index contributed by atoms with van der Waals surface area (Å²) in [6.45, 7) is 2.90. The molecule has 8 heteroatoms. The fourth-order valence-electron chi connectivity index (χ4n) is 2.16. The van der Waals surface area contributed by atoms with Crippen molar-refractivity contribution >= 4 is 35.1 Å². The van der Waals surface area contributed by atoms with Gasteiger partial charge in [-0.3, -0.25) is 9.59 Å². The molecule has 2 amide bonds. The lowest BCUT2D eigenvalue weighted by Crippen LogP contribution is -2.31. The predicted octanol–water partition coefficient (Wildman–Crippen LogP) is 2.70. The highest BCUT2D eigenvalue weighted by Gasteiger charge is 2.18. The van der Waals surface area contributed by atoms with Crippen molar-refractivity contribution in [3.8, 4) is 5.75 Å². The summed E-state index contributed by atoms with van der Waals surface area (Å²) in [4.78, 5) is 35.0. The van der Waals surface area contributed by atoms with Gasteiger partial charge in [-0.05, 0) is 61.9 Å². The van der Waals surface area contributed by atoms with Crippen molar-refractivity contribution < 1.29 is 23.9 Å². The molecule has 0 aliphatic heterocycles. The maximum atomic E-state index is 12.1. The van der Waals surface area contributed by atoms with Crippen molar-refractivity contribution in [3.05, 3.63) is 58.6 Å². The van der Waals surface area contributed by atoms with Crippen molar-refractivity contribution in [3.63, 3.8) is 0 Å². The first-order valence-corrected chi connectivity index (χ1v) is 8.43. The minimum absolute atomic E-state index is 0.321. The van der Waals surface area contributed by atoms with E-state index in [1.54, 1.807) is 25.1 Å². The van der Waals surface area contributed by atoms with E-state index in [2.05, 4.69) is 5.32 Å². The first-order chi connectivity index (χ1) is 12.8. The Bertz CT molecular complexity index is 852. The van der Waals surface area contributed by atoms with Gasteiger partial charge >= 0.3 is 5.97 Å². The van der Waals surface area contributed by atoms with Gasteiger partial charge in [0.1, 0.15) is 5.75 Å². The Morgan fingerprint density at radius 2 is 1.81 bits per heavy atom. The first-order valence-electron chi connectivity index (χ1n) is 8.05. The third-order valence-electron chi connectivity index (χ3n) is 3.60. The molecule has 2 aromatic carbocycles. The molecular weight excluding hydrogens is 372 g/mol. The van der Waals surface area contributed by atoms with Crippen LogP contribution in [0.2, 0.25) is 5.02 Å². The van der Waals surface area contributed by atoms with Crippen molar-refractivity contribution in [2.24, 2.45) is 5.73 Å². The summed E-state index contributed by atoms with van der Waals surface area (Å²) in [6.07, 6.45) is -1.02. The van der Waals surface area contributed by atoms with Crippen LogP contribution in [0.5, 0.6) is 5.75 Å². The van der Waals surface area contributed by atoms with Gasteiger partial charge in [-0.15, -0.1) is 0 Å². The maximum absolute atomic E-state index is 12.1. The zero-order chi connectivity index (χ0) is 20.0. The van der Waals surface area contributed by atoms with Crippen molar-refractivity contribution in [1.82, 2.24) is 0 Å². The van der Waals surface area contributed by atoms with Crippen molar-refractivity contribution in [1.29, 1.82) is 0 Å². The number of esters is 1. The largest absolute Gasteiger partial charge is 0.482 e. The number of hydrogen-bond donors (Lipinski definition) is 2. The Balaban J connectivity index is 1.84. The number of anilines is 1. The van der Waals surface area contributed by atoms with Crippen LogP contribution in [-0.4, -0.2) is 30.5 Å². The Labute approximate surface area is 161 Å². The lowest BCUT2D eigenvalue weighted by atomic mass is 10.2. The second kappa shape index (κ2) is 9.05. The van der Waals surface area contributed by atoms with E-state index in [9.17, 15) is 14.4 Å². The summed E-state index contributed by atoms with van der Waals surface area (Å²) < 4.78 is 10.4. The van der Waals surface area contributed by atoms with Gasteiger partial charge in [-0.25, -0.2) is 4.79 Å². The number of aryl methyl sites for hydroxylation is 1. The average Bonchev–Trinajstić information content (AvgIpc) is 2.61. The number of carbonyl (C=O) groups excluding carboxylic acids is 3. The van der Waals surface area contributed by atoms with Crippen LogP contribution in [-0.2, 0) is 14.3 Å². The van der Waals surface area contributed by atoms with Crippen LogP contribution in [0.15, 0.2) is 42.5 Å². The van der Waals surface area contributed by atoms with Gasteiger partial charge in [-0.2, -0.15) is 0 Å². The molecule has 0 aliphatic rings. The zero-order valence-electron chi connectivity index (χ0n) is 14.8. The molecule has 27 heavy (non-hydrogen) atoms. The first kappa shape index (κ1) is 20.3. The van der Waals surface area contributed by atoms with Gasteiger partial charge in [0.25, 0.3) is 5.91 Å². The standard InChI is InChI=1S/C19H19ClN2O5/c1-11-9-14(20)5-8-16(11)26-10-17(23)27-12(2)19(25)22-15-6-3-13(4-7-15)18(21)24/h3-9,12H,10H2,1-2H3,(H2,21,24)(H,22,25)/t12-/m1/s1. The summed E-state index contributed by atoms with van der Waals surface area (Å²) >= 11 is 5.86. The summed E-state index contributed by atoms with van der Waals surface area (Å²) in [7, 11) is 0. The number of amides is 2. The summed E-state index contributed by atoms with van der Waals surface area (Å²) in [5.74, 6) is -1.26. The maximum Gasteiger partial charge on any atom is 0.344 e. The van der Waals surface area contributed by atoms with Crippen LogP contribution in [0.4, 0.5) is 5.69 Å². The van der Waals surface area contributed by atoms with Gasteiger partial charge < -0.3 is 20.5 Å². The monoisotopic (exact) mass is 390 g/mol. The molecule has 2 aromatic rings. The zero-order valence-corrected chi connectivity index (χ0v) is 15.6. The van der Waals surface area contributed by atoms with Gasteiger partial charge in [0.05, 0.1) is 0 Å². The molecule has 0 heterocycles. The highest BCUT2D eigenvalue weighted by atomic mass is 35.5. The van der Waals surface area contributed by atoms with Gasteiger partial charge in [-0.1, -0.05) is 11.6 Å². The molecule has 0 fully saturated rings. The number of carbonyl (C=O) groups is 3. The van der Waals surface area contributed by atoms with Crippen LogP contribution in [0.1, 0.15) is 22.8 Å². The molecule has 0 saturated carbocycles. The molecule has 0 bridgehead atoms. The number of rotatable bonds is 7. The number of halogens is 1. The quantitative estimate of drug-likeness (QED) is 0.706. The van der Waals surface area contributed by atoms with E-state index >= 15 is 0 Å². The minimum atomic E-state index is -1.02. The fourth-order valence-corrected chi connectivity index (χ4v) is 2.38. The summed E-state index contributed by atoms with van der Waals surface area (Å²) in [5, 5.41) is 3.14. The van der Waals surface area contributed by atoms with E-state index < -0.39 is 23.9 Å².